The van der Waals surface area contributed by atoms with Crippen LogP contribution in [0.25, 0.3) is 66.6 Å². The number of para-hydroxylation sites is 1. The summed E-state index contributed by atoms with van der Waals surface area (Å²) in [7, 11) is 0. The fraction of sp³-hybridized carbons (Fsp3) is 0.150. The summed E-state index contributed by atoms with van der Waals surface area (Å²) in [5.74, 6) is 0.876. The van der Waals surface area contributed by atoms with Gasteiger partial charge in [0.15, 0.2) is 0 Å². The van der Waals surface area contributed by atoms with Crippen LogP contribution in [0.3, 0.4) is 0 Å². The number of pyridine rings is 2. The predicted octanol–water partition coefficient (Wildman–Crippen LogP) is 10.2. The molecule has 8 rings (SSSR count). The number of fused-ring (bicyclic) bond motifs is 6. The van der Waals surface area contributed by atoms with Crippen LogP contribution >= 0.6 is 0 Å². The summed E-state index contributed by atoms with van der Waals surface area (Å²) in [5.41, 5.74) is 10.1. The molecule has 4 heterocycles. The Morgan fingerprint density at radius 3 is 1.70 bits per heavy atom. The van der Waals surface area contributed by atoms with Crippen molar-refractivity contribution in [1.82, 2.24) is 19.1 Å². The van der Waals surface area contributed by atoms with Gasteiger partial charge in [-0.3, -0.25) is 9.13 Å². The van der Waals surface area contributed by atoms with Gasteiger partial charge in [0.05, 0.1) is 16.7 Å². The van der Waals surface area contributed by atoms with Gasteiger partial charge in [-0.2, -0.15) is 0 Å². The Bertz CT molecular complexity index is 2290. The van der Waals surface area contributed by atoms with Crippen molar-refractivity contribution in [3.63, 3.8) is 0 Å². The Morgan fingerprint density at radius 2 is 1.07 bits per heavy atom. The van der Waals surface area contributed by atoms with Gasteiger partial charge in [0, 0.05) is 32.8 Å². The Morgan fingerprint density at radius 1 is 0.500 bits per heavy atom. The van der Waals surface area contributed by atoms with E-state index in [1.54, 1.807) is 0 Å². The van der Waals surface area contributed by atoms with E-state index in [0.717, 1.165) is 65.3 Å². The second kappa shape index (κ2) is 10.8. The second-order valence-electron chi connectivity index (χ2n) is 11.6. The van der Waals surface area contributed by atoms with Crippen molar-refractivity contribution < 1.29 is 0 Å². The summed E-state index contributed by atoms with van der Waals surface area (Å²) in [6.07, 6.45) is 4.24. The van der Waals surface area contributed by atoms with Crippen molar-refractivity contribution in [3.05, 3.63) is 132 Å². The predicted molar refractivity (Wildman–Crippen MR) is 184 cm³/mol. The van der Waals surface area contributed by atoms with E-state index < -0.39 is 0 Å². The van der Waals surface area contributed by atoms with Crippen molar-refractivity contribution in [2.45, 2.75) is 39.5 Å². The first-order chi connectivity index (χ1) is 21.8. The van der Waals surface area contributed by atoms with E-state index in [2.05, 4.69) is 138 Å². The van der Waals surface area contributed by atoms with Gasteiger partial charge in [0.25, 0.3) is 0 Å². The molecule has 0 fully saturated rings. The molecule has 0 aliphatic heterocycles. The lowest BCUT2D eigenvalue weighted by molar-refractivity contribution is 0.930. The zero-order valence-corrected chi connectivity index (χ0v) is 25.2. The molecule has 44 heavy (non-hydrogen) atoms. The third kappa shape index (κ3) is 4.13. The van der Waals surface area contributed by atoms with Crippen LogP contribution in [0.1, 0.15) is 37.8 Å². The zero-order chi connectivity index (χ0) is 29.6. The normalized spacial score (nSPS) is 11.8. The average Bonchev–Trinajstić information content (AvgIpc) is 3.59. The SMILES string of the molecule is CCCc1cccc2c1c1ccc(-n3c4cccc(CCC)c4c4ccc(-c5ccccc5)nc43)nc1n2-c1ccccc1. The quantitative estimate of drug-likeness (QED) is 0.191. The van der Waals surface area contributed by atoms with E-state index in [1.165, 1.54) is 38.2 Å². The van der Waals surface area contributed by atoms with Gasteiger partial charge in [-0.25, -0.2) is 9.97 Å². The number of aromatic nitrogens is 4. The molecule has 0 aliphatic carbocycles. The largest absolute Gasteiger partial charge is 0.294 e. The minimum atomic E-state index is 0.876. The number of benzene rings is 4. The summed E-state index contributed by atoms with van der Waals surface area (Å²) >= 11 is 0. The fourth-order valence-electron chi connectivity index (χ4n) is 6.93. The lowest BCUT2D eigenvalue weighted by Crippen LogP contribution is -2.02. The van der Waals surface area contributed by atoms with Crippen LogP contribution in [0, 0.1) is 0 Å². The molecule has 0 saturated carbocycles. The molecule has 214 valence electrons. The zero-order valence-electron chi connectivity index (χ0n) is 25.2. The van der Waals surface area contributed by atoms with Gasteiger partial charge in [-0.15, -0.1) is 0 Å². The summed E-state index contributed by atoms with van der Waals surface area (Å²) in [5, 5.41) is 4.91. The third-order valence-electron chi connectivity index (χ3n) is 8.79. The average molecular weight is 571 g/mol. The molecule has 4 heteroatoms. The molecule has 4 aromatic carbocycles. The molecule has 0 spiro atoms. The van der Waals surface area contributed by atoms with Crippen LogP contribution in [-0.2, 0) is 12.8 Å². The van der Waals surface area contributed by atoms with E-state index in [4.69, 9.17) is 9.97 Å². The Balaban J connectivity index is 1.47. The Labute approximate surface area is 257 Å². The maximum absolute atomic E-state index is 5.50. The number of hydrogen-bond donors (Lipinski definition) is 0. The number of nitrogens with zero attached hydrogens (tertiary/aromatic N) is 4. The highest BCUT2D eigenvalue weighted by molar-refractivity contribution is 6.12. The van der Waals surface area contributed by atoms with Gasteiger partial charge in [0.1, 0.15) is 17.1 Å². The monoisotopic (exact) mass is 570 g/mol. The number of hydrogen-bond acceptors (Lipinski definition) is 2. The molecule has 0 atom stereocenters. The first-order valence-electron chi connectivity index (χ1n) is 15.7. The first-order valence-corrected chi connectivity index (χ1v) is 15.7. The summed E-state index contributed by atoms with van der Waals surface area (Å²) in [6, 6.07) is 43.3. The molecule has 0 unspecified atom stereocenters. The highest BCUT2D eigenvalue weighted by Crippen LogP contribution is 2.38. The van der Waals surface area contributed by atoms with Crippen molar-refractivity contribution in [2.75, 3.05) is 0 Å². The minimum Gasteiger partial charge on any atom is -0.294 e. The smallest absolute Gasteiger partial charge is 0.148 e. The van der Waals surface area contributed by atoms with Crippen molar-refractivity contribution >= 4 is 43.9 Å². The molecule has 0 N–H and O–H groups in total. The maximum atomic E-state index is 5.50. The molecule has 0 bridgehead atoms. The standard InChI is InChI=1S/C40H34N4/c1-3-13-28-17-11-21-34-37(28)32-24-26-36(42-40(32)43(34)30-19-9-6-10-20-30)44-35-22-12-18-29(14-4-2)38(35)31-23-25-33(41-39(31)44)27-15-7-5-8-16-27/h5-12,15-26H,3-4,13-14H2,1-2H3. The highest BCUT2D eigenvalue weighted by atomic mass is 15.1. The van der Waals surface area contributed by atoms with Gasteiger partial charge >= 0.3 is 0 Å². The third-order valence-corrected chi connectivity index (χ3v) is 8.79. The second-order valence-corrected chi connectivity index (χ2v) is 11.6. The van der Waals surface area contributed by atoms with Crippen LogP contribution in [0.5, 0.6) is 0 Å². The molecule has 0 radical (unpaired) electrons. The molecule has 8 aromatic rings. The molecule has 0 saturated heterocycles. The topological polar surface area (TPSA) is 35.6 Å². The van der Waals surface area contributed by atoms with Crippen LogP contribution in [-0.4, -0.2) is 19.1 Å². The van der Waals surface area contributed by atoms with E-state index in [-0.39, 0.29) is 0 Å². The van der Waals surface area contributed by atoms with Crippen molar-refractivity contribution in [1.29, 1.82) is 0 Å². The van der Waals surface area contributed by atoms with Gasteiger partial charge < -0.3 is 0 Å². The van der Waals surface area contributed by atoms with Gasteiger partial charge in [-0.1, -0.05) is 99.5 Å². The van der Waals surface area contributed by atoms with E-state index >= 15 is 0 Å². The number of rotatable bonds is 7. The van der Waals surface area contributed by atoms with Crippen LogP contribution < -0.4 is 0 Å². The molecule has 4 aromatic heterocycles. The number of aryl methyl sites for hydroxylation is 2. The summed E-state index contributed by atoms with van der Waals surface area (Å²) in [6.45, 7) is 4.49. The summed E-state index contributed by atoms with van der Waals surface area (Å²) < 4.78 is 4.60. The van der Waals surface area contributed by atoms with Gasteiger partial charge in [-0.05, 0) is 72.5 Å². The van der Waals surface area contributed by atoms with Crippen molar-refractivity contribution in [3.8, 4) is 22.8 Å². The molecular weight excluding hydrogens is 536 g/mol. The van der Waals surface area contributed by atoms with Gasteiger partial charge in [0.2, 0.25) is 0 Å². The van der Waals surface area contributed by atoms with Crippen LogP contribution in [0.2, 0.25) is 0 Å². The molecule has 0 aliphatic rings. The maximum Gasteiger partial charge on any atom is 0.148 e. The molecule has 4 nitrogen and oxygen atoms in total. The highest BCUT2D eigenvalue weighted by Gasteiger charge is 2.21. The van der Waals surface area contributed by atoms with Crippen molar-refractivity contribution in [2.24, 2.45) is 0 Å². The van der Waals surface area contributed by atoms with Crippen LogP contribution in [0.4, 0.5) is 0 Å². The van der Waals surface area contributed by atoms with E-state index in [1.807, 2.05) is 6.07 Å². The van der Waals surface area contributed by atoms with Crippen LogP contribution in [0.15, 0.2) is 121 Å². The molecule has 0 amide bonds. The fourth-order valence-corrected chi connectivity index (χ4v) is 6.93. The lowest BCUT2D eigenvalue weighted by atomic mass is 10.0. The molecular formula is C40H34N4. The van der Waals surface area contributed by atoms with E-state index in [0.29, 0.717) is 0 Å². The summed E-state index contributed by atoms with van der Waals surface area (Å²) in [4.78, 5) is 10.8. The first kappa shape index (κ1) is 26.4. The Hall–Kier alpha value is -5.22. The van der Waals surface area contributed by atoms with E-state index in [9.17, 15) is 0 Å². The Kier molecular flexibility index (Phi) is 6.48. The lowest BCUT2D eigenvalue weighted by Gasteiger charge is -2.10. The minimum absolute atomic E-state index is 0.876.